The van der Waals surface area contributed by atoms with E-state index in [2.05, 4.69) is 5.32 Å². The maximum Gasteiger partial charge on any atom is 0.254 e. The number of allylic oxidation sites excluding steroid dienone is 2. The number of likely N-dealkylation sites (tertiary alicyclic amines) is 2. The molecule has 2 aliphatic rings. The van der Waals surface area contributed by atoms with Crippen LogP contribution in [0.25, 0.3) is 0 Å². The number of rotatable bonds is 4. The number of nitriles is 3. The summed E-state index contributed by atoms with van der Waals surface area (Å²) in [6.45, 7) is 5.34. The van der Waals surface area contributed by atoms with Crippen molar-refractivity contribution in [3.05, 3.63) is 40.6 Å². The van der Waals surface area contributed by atoms with Crippen molar-refractivity contribution >= 4 is 17.5 Å². The first-order chi connectivity index (χ1) is 15.9. The molecule has 2 fully saturated rings. The largest absolute Gasteiger partial charge is 0.345 e. The number of benzene rings is 1. The van der Waals surface area contributed by atoms with E-state index in [1.54, 1.807) is 30.3 Å². The predicted molar refractivity (Wildman–Crippen MR) is 123 cm³/mol. The smallest absolute Gasteiger partial charge is 0.254 e. The van der Waals surface area contributed by atoms with E-state index in [1.807, 2.05) is 29.7 Å². The van der Waals surface area contributed by atoms with E-state index in [4.69, 9.17) is 10.5 Å². The van der Waals surface area contributed by atoms with Crippen molar-refractivity contribution in [2.45, 2.75) is 64.5 Å². The van der Waals surface area contributed by atoms with Gasteiger partial charge in [0.05, 0.1) is 0 Å². The SMILES string of the molecule is CC1CCCCN1C(=O)c1cc(NC(C#N)=C(C#N)C#N)cc(C(=O)N2CCCCC2C)c1. The molecule has 0 aromatic heterocycles. The van der Waals surface area contributed by atoms with Crippen molar-refractivity contribution in [3.8, 4) is 18.2 Å². The summed E-state index contributed by atoms with van der Waals surface area (Å²) in [4.78, 5) is 30.4. The molecule has 0 radical (unpaired) electrons. The number of carbonyl (C=O) groups excluding carboxylic acids is 2. The highest BCUT2D eigenvalue weighted by molar-refractivity contribution is 6.01. The molecule has 2 heterocycles. The molecular weight excluding hydrogens is 416 g/mol. The minimum atomic E-state index is -0.364. The second-order valence-electron chi connectivity index (χ2n) is 8.70. The van der Waals surface area contributed by atoms with Crippen LogP contribution in [0.15, 0.2) is 29.5 Å². The van der Waals surface area contributed by atoms with Crippen LogP contribution in [0.1, 0.15) is 73.1 Å². The zero-order valence-corrected chi connectivity index (χ0v) is 19.1. The van der Waals surface area contributed by atoms with E-state index >= 15 is 0 Å². The minimum Gasteiger partial charge on any atom is -0.345 e. The number of piperidine rings is 2. The van der Waals surface area contributed by atoms with Gasteiger partial charge in [-0.1, -0.05) is 0 Å². The zero-order chi connectivity index (χ0) is 24.0. The average Bonchev–Trinajstić information content (AvgIpc) is 2.83. The van der Waals surface area contributed by atoms with E-state index in [9.17, 15) is 14.9 Å². The Morgan fingerprint density at radius 2 is 1.30 bits per heavy atom. The van der Waals surface area contributed by atoms with E-state index in [0.717, 1.165) is 38.5 Å². The molecule has 8 nitrogen and oxygen atoms in total. The molecule has 1 N–H and O–H groups in total. The summed E-state index contributed by atoms with van der Waals surface area (Å²) >= 11 is 0. The Balaban J connectivity index is 2.04. The molecule has 0 bridgehead atoms. The molecule has 2 saturated heterocycles. The summed E-state index contributed by atoms with van der Waals surface area (Å²) in [6, 6.07) is 10.2. The molecule has 0 aliphatic carbocycles. The van der Waals surface area contributed by atoms with Gasteiger partial charge in [0.2, 0.25) is 0 Å². The third-order valence-electron chi connectivity index (χ3n) is 6.41. The van der Waals surface area contributed by atoms with Gasteiger partial charge in [-0.25, -0.2) is 0 Å². The van der Waals surface area contributed by atoms with Gasteiger partial charge in [0.15, 0.2) is 5.57 Å². The summed E-state index contributed by atoms with van der Waals surface area (Å²) in [6.07, 6.45) is 5.86. The number of carbonyl (C=O) groups is 2. The molecular formula is C25H28N6O2. The molecule has 2 atom stereocenters. The van der Waals surface area contributed by atoms with Gasteiger partial charge in [-0.05, 0) is 70.6 Å². The van der Waals surface area contributed by atoms with Crippen LogP contribution in [0, 0.1) is 34.0 Å². The Hall–Kier alpha value is -3.83. The topological polar surface area (TPSA) is 124 Å². The first-order valence-corrected chi connectivity index (χ1v) is 11.4. The summed E-state index contributed by atoms with van der Waals surface area (Å²) in [7, 11) is 0. The molecule has 1 aromatic rings. The Labute approximate surface area is 194 Å². The average molecular weight is 445 g/mol. The molecule has 8 heteroatoms. The lowest BCUT2D eigenvalue weighted by Crippen LogP contribution is -2.43. The zero-order valence-electron chi connectivity index (χ0n) is 19.1. The fourth-order valence-electron chi connectivity index (χ4n) is 4.51. The van der Waals surface area contributed by atoms with Crippen LogP contribution in [0.5, 0.6) is 0 Å². The lowest BCUT2D eigenvalue weighted by Gasteiger charge is -2.34. The van der Waals surface area contributed by atoms with Crippen molar-refractivity contribution in [1.29, 1.82) is 15.8 Å². The number of nitrogens with zero attached hydrogens (tertiary/aromatic N) is 5. The summed E-state index contributed by atoms with van der Waals surface area (Å²) in [5, 5.41) is 30.5. The molecule has 170 valence electrons. The summed E-state index contributed by atoms with van der Waals surface area (Å²) in [5.41, 5.74) is 0.416. The van der Waals surface area contributed by atoms with Crippen molar-refractivity contribution in [3.63, 3.8) is 0 Å². The lowest BCUT2D eigenvalue weighted by atomic mass is 9.99. The summed E-state index contributed by atoms with van der Waals surface area (Å²) in [5.74, 6) is -0.343. The van der Waals surface area contributed by atoms with Crippen molar-refractivity contribution in [2.24, 2.45) is 0 Å². The second-order valence-corrected chi connectivity index (χ2v) is 8.70. The third kappa shape index (κ3) is 5.33. The van der Waals surface area contributed by atoms with Gasteiger partial charge in [0.1, 0.15) is 23.9 Å². The Morgan fingerprint density at radius 3 is 1.70 bits per heavy atom. The van der Waals surface area contributed by atoms with Crippen LogP contribution in [0.3, 0.4) is 0 Å². The Bertz CT molecular complexity index is 1020. The standard InChI is InChI=1S/C25H28N6O2/c1-17-7-3-5-9-30(17)24(32)19-11-20(25(33)31-10-6-4-8-18(31)2)13-22(12-19)29-23(16-28)21(14-26)15-27/h11-13,17-18,29H,3-10H2,1-2H3. The monoisotopic (exact) mass is 444 g/mol. The van der Waals surface area contributed by atoms with Gasteiger partial charge in [0, 0.05) is 42.0 Å². The minimum absolute atomic E-state index is 0.0995. The van der Waals surface area contributed by atoms with Gasteiger partial charge in [-0.2, -0.15) is 15.8 Å². The van der Waals surface area contributed by atoms with Gasteiger partial charge in [0.25, 0.3) is 11.8 Å². The number of hydrogen-bond donors (Lipinski definition) is 1. The maximum atomic E-state index is 13.4. The third-order valence-corrected chi connectivity index (χ3v) is 6.41. The van der Waals surface area contributed by atoms with Crippen LogP contribution < -0.4 is 5.32 Å². The van der Waals surface area contributed by atoms with Gasteiger partial charge in [-0.3, -0.25) is 9.59 Å². The number of amides is 2. The number of hydrogen-bond acceptors (Lipinski definition) is 6. The van der Waals surface area contributed by atoms with Crippen molar-refractivity contribution in [2.75, 3.05) is 18.4 Å². The van der Waals surface area contributed by atoms with Crippen LogP contribution in [0.2, 0.25) is 0 Å². The molecule has 0 saturated carbocycles. The van der Waals surface area contributed by atoms with Crippen LogP contribution in [-0.4, -0.2) is 46.8 Å². The Kier molecular flexibility index (Phi) is 7.70. The molecule has 2 unspecified atom stereocenters. The van der Waals surface area contributed by atoms with E-state index in [-0.39, 0.29) is 35.2 Å². The summed E-state index contributed by atoms with van der Waals surface area (Å²) < 4.78 is 0. The quantitative estimate of drug-likeness (QED) is 0.701. The Morgan fingerprint density at radius 1 is 0.818 bits per heavy atom. The molecule has 2 aliphatic heterocycles. The fraction of sp³-hybridized carbons (Fsp3) is 0.480. The normalized spacial score (nSPS) is 20.1. The number of nitrogens with one attached hydrogen (secondary N) is 1. The molecule has 1 aromatic carbocycles. The first kappa shape index (κ1) is 23.8. The predicted octanol–water partition coefficient (Wildman–Crippen LogP) is 3.95. The highest BCUT2D eigenvalue weighted by Crippen LogP contribution is 2.26. The maximum absolute atomic E-state index is 13.4. The highest BCUT2D eigenvalue weighted by atomic mass is 16.2. The second kappa shape index (κ2) is 10.7. The van der Waals surface area contributed by atoms with Gasteiger partial charge in [-0.15, -0.1) is 0 Å². The van der Waals surface area contributed by atoms with Crippen LogP contribution in [0.4, 0.5) is 5.69 Å². The lowest BCUT2D eigenvalue weighted by molar-refractivity contribution is 0.0634. The number of anilines is 1. The van der Waals surface area contributed by atoms with E-state index < -0.39 is 0 Å². The molecule has 2 amide bonds. The van der Waals surface area contributed by atoms with Crippen LogP contribution >= 0.6 is 0 Å². The molecule has 3 rings (SSSR count). The van der Waals surface area contributed by atoms with E-state index in [1.165, 1.54) is 0 Å². The molecule has 33 heavy (non-hydrogen) atoms. The van der Waals surface area contributed by atoms with Crippen molar-refractivity contribution < 1.29 is 9.59 Å². The van der Waals surface area contributed by atoms with Gasteiger partial charge < -0.3 is 15.1 Å². The first-order valence-electron chi connectivity index (χ1n) is 11.4. The van der Waals surface area contributed by atoms with Crippen molar-refractivity contribution in [1.82, 2.24) is 9.80 Å². The highest BCUT2D eigenvalue weighted by Gasteiger charge is 2.28. The van der Waals surface area contributed by atoms with Crippen LogP contribution in [-0.2, 0) is 0 Å². The fourth-order valence-corrected chi connectivity index (χ4v) is 4.51. The molecule has 0 spiro atoms. The van der Waals surface area contributed by atoms with E-state index in [0.29, 0.717) is 29.9 Å². The van der Waals surface area contributed by atoms with Gasteiger partial charge >= 0.3 is 0 Å².